The maximum Gasteiger partial charge on any atom is 0.218 e. The molecule has 8 nitrogen and oxygen atoms in total. The summed E-state index contributed by atoms with van der Waals surface area (Å²) in [6.45, 7) is 11.8. The maximum absolute atomic E-state index is 5.62. The third-order valence-corrected chi connectivity index (χ3v) is 5.30. The highest BCUT2D eigenvalue weighted by atomic mass is 32.1. The molecule has 0 atom stereocenters. The number of pyridine rings is 1. The van der Waals surface area contributed by atoms with Crippen molar-refractivity contribution >= 4 is 22.6 Å². The number of anilines is 1. The minimum absolute atomic E-state index is 0.544. The SMILES string of the molecule is CCNC(=NCc1cccnc1OCC)N1CCN(c2nc(CC)ns2)CC1. The molecule has 0 spiro atoms. The lowest BCUT2D eigenvalue weighted by Crippen LogP contribution is -2.52. The number of hydrogen-bond acceptors (Lipinski definition) is 7. The van der Waals surface area contributed by atoms with Crippen molar-refractivity contribution in [3.8, 4) is 5.88 Å². The zero-order valence-electron chi connectivity index (χ0n) is 16.9. The molecule has 3 heterocycles. The van der Waals surface area contributed by atoms with Crippen LogP contribution in [0.3, 0.4) is 0 Å². The van der Waals surface area contributed by atoms with Gasteiger partial charge in [-0.05, 0) is 19.9 Å². The molecule has 152 valence electrons. The zero-order chi connectivity index (χ0) is 19.8. The van der Waals surface area contributed by atoms with Crippen molar-refractivity contribution < 1.29 is 4.74 Å². The first-order valence-corrected chi connectivity index (χ1v) is 10.7. The number of aromatic nitrogens is 3. The lowest BCUT2D eigenvalue weighted by Gasteiger charge is -2.36. The quantitative estimate of drug-likeness (QED) is 0.561. The number of nitrogens with zero attached hydrogens (tertiary/aromatic N) is 6. The Bertz CT molecular complexity index is 771. The van der Waals surface area contributed by atoms with E-state index in [0.29, 0.717) is 19.0 Å². The van der Waals surface area contributed by atoms with Gasteiger partial charge in [0.2, 0.25) is 11.0 Å². The molecule has 1 saturated heterocycles. The summed E-state index contributed by atoms with van der Waals surface area (Å²) in [5.74, 6) is 2.52. The summed E-state index contributed by atoms with van der Waals surface area (Å²) >= 11 is 1.49. The summed E-state index contributed by atoms with van der Waals surface area (Å²) in [5, 5.41) is 4.44. The van der Waals surface area contributed by atoms with Crippen LogP contribution < -0.4 is 15.0 Å². The van der Waals surface area contributed by atoms with E-state index in [1.807, 2.05) is 19.1 Å². The Labute approximate surface area is 170 Å². The van der Waals surface area contributed by atoms with Crippen LogP contribution in [0, 0.1) is 0 Å². The Morgan fingerprint density at radius 2 is 2.07 bits per heavy atom. The normalized spacial score (nSPS) is 15.0. The second kappa shape index (κ2) is 10.2. The molecule has 2 aromatic heterocycles. The zero-order valence-corrected chi connectivity index (χ0v) is 17.7. The topological polar surface area (TPSA) is 78.8 Å². The van der Waals surface area contributed by atoms with Crippen LogP contribution in [0.25, 0.3) is 0 Å². The van der Waals surface area contributed by atoms with Crippen molar-refractivity contribution in [1.82, 2.24) is 24.6 Å². The largest absolute Gasteiger partial charge is 0.478 e. The molecule has 0 unspecified atom stereocenters. The molecule has 0 bridgehead atoms. The van der Waals surface area contributed by atoms with Gasteiger partial charge in [-0.2, -0.15) is 4.37 Å². The highest BCUT2D eigenvalue weighted by Gasteiger charge is 2.22. The Kier molecular flexibility index (Phi) is 7.41. The predicted molar refractivity (Wildman–Crippen MR) is 113 cm³/mol. The van der Waals surface area contributed by atoms with Crippen LogP contribution in [0.5, 0.6) is 5.88 Å². The number of aryl methyl sites for hydroxylation is 1. The van der Waals surface area contributed by atoms with Gasteiger partial charge < -0.3 is 19.9 Å². The number of hydrogen-bond donors (Lipinski definition) is 1. The molecule has 1 aliphatic rings. The fourth-order valence-electron chi connectivity index (χ4n) is 3.02. The van der Waals surface area contributed by atoms with Crippen molar-refractivity contribution in [1.29, 1.82) is 0 Å². The summed E-state index contributed by atoms with van der Waals surface area (Å²) < 4.78 is 10.0. The maximum atomic E-state index is 5.62. The molecule has 9 heteroatoms. The fourth-order valence-corrected chi connectivity index (χ4v) is 3.82. The molecule has 0 radical (unpaired) electrons. The van der Waals surface area contributed by atoms with E-state index in [9.17, 15) is 0 Å². The molecule has 0 aromatic carbocycles. The minimum atomic E-state index is 0.544. The van der Waals surface area contributed by atoms with E-state index in [4.69, 9.17) is 9.73 Å². The number of rotatable bonds is 7. The Balaban J connectivity index is 1.63. The molecule has 1 N–H and O–H groups in total. The third-order valence-electron chi connectivity index (χ3n) is 4.49. The van der Waals surface area contributed by atoms with E-state index in [1.54, 1.807) is 6.20 Å². The third kappa shape index (κ3) is 5.09. The first kappa shape index (κ1) is 20.3. The van der Waals surface area contributed by atoms with Crippen molar-refractivity contribution in [3.63, 3.8) is 0 Å². The van der Waals surface area contributed by atoms with E-state index in [1.165, 1.54) is 11.5 Å². The molecule has 3 rings (SSSR count). The van der Waals surface area contributed by atoms with Crippen LogP contribution in [-0.4, -0.2) is 64.5 Å². The second-order valence-electron chi connectivity index (χ2n) is 6.39. The first-order chi connectivity index (χ1) is 13.7. The summed E-state index contributed by atoms with van der Waals surface area (Å²) in [7, 11) is 0. The summed E-state index contributed by atoms with van der Waals surface area (Å²) in [5.41, 5.74) is 0.999. The van der Waals surface area contributed by atoms with Crippen molar-refractivity contribution in [2.45, 2.75) is 33.7 Å². The van der Waals surface area contributed by atoms with Gasteiger partial charge in [-0.3, -0.25) is 0 Å². The lowest BCUT2D eigenvalue weighted by molar-refractivity contribution is 0.323. The van der Waals surface area contributed by atoms with Crippen LogP contribution in [-0.2, 0) is 13.0 Å². The molecule has 28 heavy (non-hydrogen) atoms. The standard InChI is InChI=1S/C19H29N7OS/c1-4-16-23-19(28-24-16)26-12-10-25(11-13-26)18(20-5-2)22-14-15-8-7-9-21-17(15)27-6-3/h7-9H,4-6,10-14H2,1-3H3,(H,20,22). The van der Waals surface area contributed by atoms with Crippen molar-refractivity contribution in [3.05, 3.63) is 29.7 Å². The van der Waals surface area contributed by atoms with E-state index < -0.39 is 0 Å². The number of nitrogens with one attached hydrogen (secondary N) is 1. The summed E-state index contributed by atoms with van der Waals surface area (Å²) in [6.07, 6.45) is 2.63. The Morgan fingerprint density at radius 1 is 1.25 bits per heavy atom. The highest BCUT2D eigenvalue weighted by molar-refractivity contribution is 7.09. The molecule has 1 aliphatic heterocycles. The van der Waals surface area contributed by atoms with Gasteiger partial charge in [-0.1, -0.05) is 13.0 Å². The Morgan fingerprint density at radius 3 is 2.75 bits per heavy atom. The predicted octanol–water partition coefficient (Wildman–Crippen LogP) is 2.18. The number of aliphatic imine (C=N–C) groups is 1. The van der Waals surface area contributed by atoms with Gasteiger partial charge in [0, 0.05) is 62.4 Å². The van der Waals surface area contributed by atoms with Gasteiger partial charge in [0.25, 0.3) is 0 Å². The van der Waals surface area contributed by atoms with E-state index >= 15 is 0 Å². The van der Waals surface area contributed by atoms with Crippen LogP contribution >= 0.6 is 11.5 Å². The van der Waals surface area contributed by atoms with Crippen LogP contribution in [0.4, 0.5) is 5.13 Å². The lowest BCUT2D eigenvalue weighted by atomic mass is 10.3. The molecule has 1 fully saturated rings. The second-order valence-corrected chi connectivity index (χ2v) is 7.12. The number of ether oxygens (including phenoxy) is 1. The molecular weight excluding hydrogens is 374 g/mol. The van der Waals surface area contributed by atoms with Gasteiger partial charge in [-0.15, -0.1) is 0 Å². The van der Waals surface area contributed by atoms with Gasteiger partial charge in [0.15, 0.2) is 5.96 Å². The fraction of sp³-hybridized carbons (Fsp3) is 0.579. The number of piperazine rings is 1. The molecule has 2 aromatic rings. The summed E-state index contributed by atoms with van der Waals surface area (Å²) in [6, 6.07) is 3.94. The van der Waals surface area contributed by atoms with Crippen LogP contribution in [0.1, 0.15) is 32.2 Å². The van der Waals surface area contributed by atoms with E-state index in [0.717, 1.165) is 61.6 Å². The summed E-state index contributed by atoms with van der Waals surface area (Å²) in [4.78, 5) is 18.4. The van der Waals surface area contributed by atoms with Gasteiger partial charge in [0.1, 0.15) is 5.82 Å². The van der Waals surface area contributed by atoms with Crippen molar-refractivity contribution in [2.24, 2.45) is 4.99 Å². The number of guanidine groups is 1. The van der Waals surface area contributed by atoms with Gasteiger partial charge in [0.05, 0.1) is 13.2 Å². The highest BCUT2D eigenvalue weighted by Crippen LogP contribution is 2.20. The minimum Gasteiger partial charge on any atom is -0.478 e. The molecular formula is C19H29N7OS. The molecule has 0 saturated carbocycles. The molecule has 0 amide bonds. The van der Waals surface area contributed by atoms with Gasteiger partial charge >= 0.3 is 0 Å². The smallest absolute Gasteiger partial charge is 0.218 e. The average molecular weight is 404 g/mol. The van der Waals surface area contributed by atoms with Crippen molar-refractivity contribution in [2.75, 3.05) is 44.2 Å². The van der Waals surface area contributed by atoms with E-state index in [-0.39, 0.29) is 0 Å². The van der Waals surface area contributed by atoms with Crippen LogP contribution in [0.15, 0.2) is 23.3 Å². The average Bonchev–Trinajstić information content (AvgIpc) is 3.22. The Hall–Kier alpha value is -2.42. The van der Waals surface area contributed by atoms with Gasteiger partial charge in [-0.25, -0.2) is 15.0 Å². The monoisotopic (exact) mass is 403 g/mol. The van der Waals surface area contributed by atoms with Crippen LogP contribution in [0.2, 0.25) is 0 Å². The first-order valence-electron chi connectivity index (χ1n) is 9.92. The molecule has 0 aliphatic carbocycles. The van der Waals surface area contributed by atoms with E-state index in [2.05, 4.69) is 43.3 Å².